The standard InChI is InChI=1S/C12H13N3O3/c1-18-11-9(14-12(16)17)4-5-15-10(11)8(6-13-15)7-2-3-7/h4-7,14H,2-3H2,1H3,(H,16,17). The van der Waals surface area contributed by atoms with Crippen LogP contribution in [0.15, 0.2) is 18.5 Å². The number of amides is 1. The van der Waals surface area contributed by atoms with E-state index in [1.807, 2.05) is 6.20 Å². The largest absolute Gasteiger partial charge is 0.492 e. The lowest BCUT2D eigenvalue weighted by Gasteiger charge is -2.10. The van der Waals surface area contributed by atoms with Gasteiger partial charge >= 0.3 is 6.09 Å². The number of nitrogens with zero attached hydrogens (tertiary/aromatic N) is 2. The molecule has 1 amide bonds. The van der Waals surface area contributed by atoms with Crippen LogP contribution in [0.25, 0.3) is 5.52 Å². The molecule has 2 aromatic heterocycles. The highest BCUT2D eigenvalue weighted by Crippen LogP contribution is 2.45. The fraction of sp³-hybridized carbons (Fsp3) is 0.333. The van der Waals surface area contributed by atoms with Gasteiger partial charge < -0.3 is 9.84 Å². The predicted octanol–water partition coefficient (Wildman–Crippen LogP) is 2.31. The molecule has 1 aliphatic rings. The Kier molecular flexibility index (Phi) is 2.36. The number of pyridine rings is 1. The van der Waals surface area contributed by atoms with Crippen LogP contribution in [0, 0.1) is 0 Å². The summed E-state index contributed by atoms with van der Waals surface area (Å²) in [5.74, 6) is 1.05. The number of fused-ring (bicyclic) bond motifs is 1. The number of hydrogen-bond donors (Lipinski definition) is 2. The van der Waals surface area contributed by atoms with Gasteiger partial charge in [0.25, 0.3) is 0 Å². The molecule has 0 unspecified atom stereocenters. The number of ether oxygens (including phenoxy) is 1. The minimum Gasteiger partial charge on any atom is -0.492 e. The van der Waals surface area contributed by atoms with Crippen LogP contribution in [0.4, 0.5) is 10.5 Å². The Labute approximate surface area is 103 Å². The Balaban J connectivity index is 2.19. The van der Waals surface area contributed by atoms with Crippen LogP contribution in [0.5, 0.6) is 5.75 Å². The first kappa shape index (κ1) is 10.9. The van der Waals surface area contributed by atoms with Gasteiger partial charge in [0.05, 0.1) is 19.0 Å². The van der Waals surface area contributed by atoms with E-state index >= 15 is 0 Å². The minimum atomic E-state index is -1.11. The molecule has 0 atom stereocenters. The third-order valence-corrected chi connectivity index (χ3v) is 3.13. The van der Waals surface area contributed by atoms with Crippen LogP contribution in [0.3, 0.4) is 0 Å². The van der Waals surface area contributed by atoms with Gasteiger partial charge in [-0.15, -0.1) is 0 Å². The van der Waals surface area contributed by atoms with Gasteiger partial charge in [-0.2, -0.15) is 5.10 Å². The number of aromatic nitrogens is 2. The Hall–Kier alpha value is -2.24. The van der Waals surface area contributed by atoms with Gasteiger partial charge in [-0.05, 0) is 24.8 Å². The third kappa shape index (κ3) is 1.66. The first-order chi connectivity index (χ1) is 8.70. The predicted molar refractivity (Wildman–Crippen MR) is 65.4 cm³/mol. The van der Waals surface area contributed by atoms with E-state index in [9.17, 15) is 4.79 Å². The van der Waals surface area contributed by atoms with Crippen LogP contribution >= 0.6 is 0 Å². The zero-order chi connectivity index (χ0) is 12.7. The van der Waals surface area contributed by atoms with Crippen molar-refractivity contribution in [3.05, 3.63) is 24.0 Å². The van der Waals surface area contributed by atoms with Gasteiger partial charge in [0.15, 0.2) is 5.75 Å². The maximum atomic E-state index is 10.8. The highest BCUT2D eigenvalue weighted by Gasteiger charge is 2.29. The molecule has 1 aliphatic carbocycles. The summed E-state index contributed by atoms with van der Waals surface area (Å²) in [4.78, 5) is 10.8. The van der Waals surface area contributed by atoms with Crippen LogP contribution in [-0.4, -0.2) is 27.9 Å². The SMILES string of the molecule is COc1c(NC(=O)O)ccn2ncc(C3CC3)c12. The summed E-state index contributed by atoms with van der Waals surface area (Å²) in [7, 11) is 1.53. The van der Waals surface area contributed by atoms with Crippen molar-refractivity contribution in [2.45, 2.75) is 18.8 Å². The highest BCUT2D eigenvalue weighted by atomic mass is 16.5. The lowest BCUT2D eigenvalue weighted by Crippen LogP contribution is -2.09. The van der Waals surface area contributed by atoms with Gasteiger partial charge in [0.1, 0.15) is 5.52 Å². The van der Waals surface area contributed by atoms with Crippen molar-refractivity contribution < 1.29 is 14.6 Å². The second-order valence-electron chi connectivity index (χ2n) is 4.36. The molecule has 1 saturated carbocycles. The number of anilines is 1. The first-order valence-corrected chi connectivity index (χ1v) is 5.75. The summed E-state index contributed by atoms with van der Waals surface area (Å²) in [6, 6.07) is 1.64. The molecule has 1 fully saturated rings. The second kappa shape index (κ2) is 3.90. The van der Waals surface area contributed by atoms with Crippen molar-refractivity contribution in [1.82, 2.24) is 9.61 Å². The van der Waals surface area contributed by atoms with E-state index in [-0.39, 0.29) is 0 Å². The fourth-order valence-electron chi connectivity index (χ4n) is 2.19. The Morgan fingerprint density at radius 3 is 3.00 bits per heavy atom. The average Bonchev–Trinajstić information content (AvgIpc) is 3.09. The Morgan fingerprint density at radius 1 is 1.61 bits per heavy atom. The number of nitrogens with one attached hydrogen (secondary N) is 1. The van der Waals surface area contributed by atoms with Crippen molar-refractivity contribution in [2.24, 2.45) is 0 Å². The van der Waals surface area contributed by atoms with Crippen molar-refractivity contribution in [1.29, 1.82) is 0 Å². The second-order valence-corrected chi connectivity index (χ2v) is 4.36. The Morgan fingerprint density at radius 2 is 2.39 bits per heavy atom. The van der Waals surface area contributed by atoms with Crippen molar-refractivity contribution >= 4 is 17.3 Å². The van der Waals surface area contributed by atoms with E-state index in [4.69, 9.17) is 9.84 Å². The molecule has 2 heterocycles. The summed E-state index contributed by atoms with van der Waals surface area (Å²) in [5.41, 5.74) is 2.42. The molecular formula is C12H13N3O3. The zero-order valence-corrected chi connectivity index (χ0v) is 9.88. The normalized spacial score (nSPS) is 14.7. The van der Waals surface area contributed by atoms with Crippen molar-refractivity contribution in [2.75, 3.05) is 12.4 Å². The van der Waals surface area contributed by atoms with Crippen LogP contribution in [0.2, 0.25) is 0 Å². The topological polar surface area (TPSA) is 75.9 Å². The number of carbonyl (C=O) groups is 1. The highest BCUT2D eigenvalue weighted by molar-refractivity contribution is 5.89. The Bertz CT molecular complexity index is 616. The summed E-state index contributed by atoms with van der Waals surface area (Å²) in [6.07, 6.45) is 4.77. The smallest absolute Gasteiger partial charge is 0.409 e. The number of hydrogen-bond acceptors (Lipinski definition) is 3. The quantitative estimate of drug-likeness (QED) is 0.872. The van der Waals surface area contributed by atoms with E-state index in [1.165, 1.54) is 7.11 Å². The van der Waals surface area contributed by atoms with E-state index < -0.39 is 6.09 Å². The first-order valence-electron chi connectivity index (χ1n) is 5.75. The van der Waals surface area contributed by atoms with Gasteiger partial charge in [-0.3, -0.25) is 5.32 Å². The molecular weight excluding hydrogens is 234 g/mol. The molecule has 0 aromatic carbocycles. The average molecular weight is 247 g/mol. The minimum absolute atomic E-state index is 0.444. The molecule has 0 bridgehead atoms. The van der Waals surface area contributed by atoms with E-state index in [1.54, 1.807) is 16.8 Å². The van der Waals surface area contributed by atoms with E-state index in [2.05, 4.69) is 10.4 Å². The summed E-state index contributed by atoms with van der Waals surface area (Å²) < 4.78 is 7.07. The van der Waals surface area contributed by atoms with Crippen molar-refractivity contribution in [3.8, 4) is 5.75 Å². The summed E-state index contributed by atoms with van der Waals surface area (Å²) in [5, 5.41) is 15.4. The van der Waals surface area contributed by atoms with E-state index in [0.29, 0.717) is 17.4 Å². The van der Waals surface area contributed by atoms with Gasteiger partial charge in [-0.25, -0.2) is 9.31 Å². The number of carboxylic acid groups (broad SMARTS) is 1. The number of methoxy groups -OCH3 is 1. The lowest BCUT2D eigenvalue weighted by atomic mass is 10.1. The van der Waals surface area contributed by atoms with Crippen LogP contribution in [0.1, 0.15) is 24.3 Å². The number of rotatable bonds is 3. The molecule has 18 heavy (non-hydrogen) atoms. The molecule has 3 rings (SSSR count). The third-order valence-electron chi connectivity index (χ3n) is 3.13. The molecule has 0 aliphatic heterocycles. The zero-order valence-electron chi connectivity index (χ0n) is 9.88. The lowest BCUT2D eigenvalue weighted by molar-refractivity contribution is 0.209. The molecule has 6 nitrogen and oxygen atoms in total. The summed E-state index contributed by atoms with van der Waals surface area (Å²) >= 11 is 0. The molecule has 0 spiro atoms. The van der Waals surface area contributed by atoms with Crippen LogP contribution in [-0.2, 0) is 0 Å². The van der Waals surface area contributed by atoms with Crippen molar-refractivity contribution in [3.63, 3.8) is 0 Å². The molecule has 94 valence electrons. The van der Waals surface area contributed by atoms with E-state index in [0.717, 1.165) is 23.9 Å². The fourth-order valence-corrected chi connectivity index (χ4v) is 2.19. The van der Waals surface area contributed by atoms with Gasteiger partial charge in [0, 0.05) is 11.8 Å². The van der Waals surface area contributed by atoms with Crippen LogP contribution < -0.4 is 10.1 Å². The molecule has 0 radical (unpaired) electrons. The molecule has 2 N–H and O–H groups in total. The summed E-state index contributed by atoms with van der Waals surface area (Å²) in [6.45, 7) is 0. The molecule has 0 saturated heterocycles. The van der Waals surface area contributed by atoms with Gasteiger partial charge in [-0.1, -0.05) is 0 Å². The molecule has 6 heteroatoms. The molecule has 2 aromatic rings. The maximum Gasteiger partial charge on any atom is 0.409 e. The maximum absolute atomic E-state index is 10.8. The monoisotopic (exact) mass is 247 g/mol. The van der Waals surface area contributed by atoms with Gasteiger partial charge in [0.2, 0.25) is 0 Å².